The summed E-state index contributed by atoms with van der Waals surface area (Å²) in [6.45, 7) is 1.70. The Hall–Kier alpha value is -6.91. The summed E-state index contributed by atoms with van der Waals surface area (Å²) in [5.74, 6) is -3.98. The van der Waals surface area contributed by atoms with Crippen LogP contribution in [0.3, 0.4) is 0 Å². The molecular formula is C43H52N10O7. The van der Waals surface area contributed by atoms with Crippen molar-refractivity contribution in [1.82, 2.24) is 36.9 Å². The van der Waals surface area contributed by atoms with Gasteiger partial charge in [-0.05, 0) is 66.5 Å². The number of carbonyl (C=O) groups excluding carboxylic acids is 6. The van der Waals surface area contributed by atoms with Gasteiger partial charge in [0.15, 0.2) is 5.96 Å². The third-order valence-corrected chi connectivity index (χ3v) is 10.9. The monoisotopic (exact) mass is 820 g/mol. The van der Waals surface area contributed by atoms with E-state index in [1.807, 2.05) is 72.8 Å². The minimum atomic E-state index is -1.22. The lowest BCUT2D eigenvalue weighted by atomic mass is 9.98. The molecule has 0 spiro atoms. The van der Waals surface area contributed by atoms with Crippen LogP contribution in [0.15, 0.2) is 79.0 Å². The molecule has 12 N–H and O–H groups in total. The Labute approximate surface area is 347 Å². The van der Waals surface area contributed by atoms with E-state index in [2.05, 4.69) is 36.9 Å². The number of aromatic nitrogens is 1. The summed E-state index contributed by atoms with van der Waals surface area (Å²) in [4.78, 5) is 84.5. The summed E-state index contributed by atoms with van der Waals surface area (Å²) >= 11 is 0. The van der Waals surface area contributed by atoms with Gasteiger partial charge in [-0.3, -0.25) is 29.4 Å². The molecule has 17 nitrogen and oxygen atoms in total. The van der Waals surface area contributed by atoms with Crippen LogP contribution in [0.25, 0.3) is 22.0 Å². The molecular weight excluding hydrogens is 769 g/mol. The van der Waals surface area contributed by atoms with Crippen molar-refractivity contribution < 1.29 is 33.5 Å². The molecule has 5 atom stereocenters. The van der Waals surface area contributed by atoms with Gasteiger partial charge in [0.05, 0.1) is 0 Å². The molecule has 0 radical (unpaired) electrons. The molecule has 0 bridgehead atoms. The van der Waals surface area contributed by atoms with E-state index in [1.54, 1.807) is 6.20 Å². The smallest absolute Gasteiger partial charge is 0.407 e. The van der Waals surface area contributed by atoms with Crippen LogP contribution in [0.5, 0.6) is 0 Å². The fourth-order valence-corrected chi connectivity index (χ4v) is 7.78. The average molecular weight is 821 g/mol. The average Bonchev–Trinajstić information content (AvgIpc) is 3.79. The molecule has 0 saturated carbocycles. The summed E-state index contributed by atoms with van der Waals surface area (Å²) in [5.41, 5.74) is 16.8. The first-order chi connectivity index (χ1) is 28.9. The number of nitrogens with one attached hydrogen (secondary N) is 8. The third kappa shape index (κ3) is 10.6. The number of nitrogens with two attached hydrogens (primary N) is 2. The molecule has 60 heavy (non-hydrogen) atoms. The zero-order valence-electron chi connectivity index (χ0n) is 33.3. The van der Waals surface area contributed by atoms with Gasteiger partial charge >= 0.3 is 6.09 Å². The van der Waals surface area contributed by atoms with Gasteiger partial charge < -0.3 is 53.1 Å². The van der Waals surface area contributed by atoms with Crippen molar-refractivity contribution in [2.75, 3.05) is 13.2 Å². The zero-order valence-corrected chi connectivity index (χ0v) is 33.3. The fourth-order valence-electron chi connectivity index (χ4n) is 7.78. The second-order valence-corrected chi connectivity index (χ2v) is 15.2. The number of aromatic amines is 1. The lowest BCUT2D eigenvalue weighted by molar-refractivity contribution is -0.134. The van der Waals surface area contributed by atoms with Gasteiger partial charge in [0, 0.05) is 36.0 Å². The first-order valence-corrected chi connectivity index (χ1v) is 20.1. The Bertz CT molecular complexity index is 2200. The highest BCUT2D eigenvalue weighted by atomic mass is 16.5. The maximum atomic E-state index is 14.1. The molecule has 3 aromatic carbocycles. The number of amides is 6. The highest BCUT2D eigenvalue weighted by Gasteiger charge is 2.33. The number of fused-ring (bicyclic) bond motifs is 4. The van der Waals surface area contributed by atoms with Gasteiger partial charge in [0.25, 0.3) is 0 Å². The highest BCUT2D eigenvalue weighted by Crippen LogP contribution is 2.44. The van der Waals surface area contributed by atoms with Crippen molar-refractivity contribution in [2.24, 2.45) is 11.5 Å². The standard InChI is InChI=1S/C43H52N10O7/c1-24-38(55)52-36(21-25-22-48-32-16-7-6-11-26(25)32)41(58)51-34(19-10-20-47-42(45)46)40(57)50-33(37(44)54)17-8-9-18-35(39(56)49-24)53-43(59)60-23-31-29-14-4-2-12-27(29)28-13-3-5-15-30(28)31/h2-7,11-16,22,24,31,33-36,48H,8-10,17-21,23H2,1H3,(H2,44,54)(H,49,56)(H,50,57)(H,51,58)(H,52,55)(H,53,59)(H4,45,46,47)/t24-,33-,34-,35-,36-/m0/s1. The van der Waals surface area contributed by atoms with Gasteiger partial charge in [-0.2, -0.15) is 0 Å². The van der Waals surface area contributed by atoms with E-state index in [-0.39, 0.29) is 50.7 Å². The van der Waals surface area contributed by atoms with Crippen LogP contribution >= 0.6 is 0 Å². The van der Waals surface area contributed by atoms with Crippen molar-refractivity contribution in [3.05, 3.63) is 95.7 Å². The van der Waals surface area contributed by atoms with Gasteiger partial charge in [-0.1, -0.05) is 79.6 Å². The van der Waals surface area contributed by atoms with Crippen molar-refractivity contribution in [2.45, 2.75) is 88.0 Å². The molecule has 6 rings (SSSR count). The topological polar surface area (TPSA) is 276 Å². The SMILES string of the molecule is C[C@@H]1NC(=O)[C@@H](NC(=O)OCC2c3ccccc3-c3ccccc32)CCCC[C@@H](C(N)=O)NC(=O)[C@H](CCCNC(=N)N)NC(=O)[C@H](Cc2c[nH]c3ccccc23)NC1=O. The maximum absolute atomic E-state index is 14.1. The lowest BCUT2D eigenvalue weighted by Gasteiger charge is -2.26. The molecule has 1 saturated heterocycles. The van der Waals surface area contributed by atoms with E-state index < -0.39 is 65.8 Å². The van der Waals surface area contributed by atoms with Crippen molar-refractivity contribution in [1.29, 1.82) is 5.41 Å². The third-order valence-electron chi connectivity index (χ3n) is 10.9. The molecule has 316 valence electrons. The molecule has 1 aromatic heterocycles. The number of H-pyrrole nitrogens is 1. The number of alkyl carbamates (subject to hydrolysis) is 1. The minimum absolute atomic E-state index is 0.0123. The summed E-state index contributed by atoms with van der Waals surface area (Å²) in [6, 6.07) is 17.4. The summed E-state index contributed by atoms with van der Waals surface area (Å²) in [6.07, 6.45) is 2.13. The molecule has 17 heteroatoms. The Morgan fingerprint density at radius 3 is 2.12 bits per heavy atom. The number of primary amides is 1. The Balaban J connectivity index is 1.21. The van der Waals surface area contributed by atoms with Crippen LogP contribution in [0.4, 0.5) is 4.79 Å². The summed E-state index contributed by atoms with van der Waals surface area (Å²) in [5, 5.41) is 24.4. The molecule has 1 fully saturated rings. The molecule has 2 aliphatic rings. The van der Waals surface area contributed by atoms with Gasteiger partial charge in [-0.25, -0.2) is 4.79 Å². The first-order valence-electron chi connectivity index (χ1n) is 20.1. The van der Waals surface area contributed by atoms with Crippen LogP contribution in [0.1, 0.15) is 68.1 Å². The Morgan fingerprint density at radius 2 is 1.42 bits per heavy atom. The van der Waals surface area contributed by atoms with E-state index >= 15 is 0 Å². The Morgan fingerprint density at radius 1 is 0.783 bits per heavy atom. The van der Waals surface area contributed by atoms with Crippen LogP contribution in [0.2, 0.25) is 0 Å². The first kappa shape index (κ1) is 42.7. The van der Waals surface area contributed by atoms with E-state index in [0.717, 1.165) is 33.2 Å². The molecule has 1 aliphatic heterocycles. The highest BCUT2D eigenvalue weighted by molar-refractivity contribution is 5.96. The zero-order chi connectivity index (χ0) is 42.8. The number of hydrogen-bond acceptors (Lipinski definition) is 8. The quantitative estimate of drug-likeness (QED) is 0.0635. The van der Waals surface area contributed by atoms with Crippen LogP contribution in [-0.2, 0) is 35.1 Å². The van der Waals surface area contributed by atoms with Crippen molar-refractivity contribution in [3.8, 4) is 11.1 Å². The Kier molecular flexibility index (Phi) is 14.0. The number of rotatable bonds is 10. The van der Waals surface area contributed by atoms with Crippen LogP contribution < -0.4 is 43.4 Å². The lowest BCUT2D eigenvalue weighted by Crippen LogP contribution is -2.59. The molecule has 6 amide bonds. The number of ether oxygens (including phenoxy) is 1. The van der Waals surface area contributed by atoms with Gasteiger partial charge in [-0.15, -0.1) is 0 Å². The molecule has 0 unspecified atom stereocenters. The van der Waals surface area contributed by atoms with Crippen LogP contribution in [0, 0.1) is 5.41 Å². The predicted octanol–water partition coefficient (Wildman–Crippen LogP) is 1.90. The van der Waals surface area contributed by atoms with E-state index in [1.165, 1.54) is 6.92 Å². The number of carbonyl (C=O) groups is 6. The fraction of sp³-hybridized carbons (Fsp3) is 0.372. The van der Waals surface area contributed by atoms with Crippen molar-refractivity contribution >= 4 is 52.5 Å². The van der Waals surface area contributed by atoms with E-state index in [4.69, 9.17) is 21.6 Å². The molecule has 2 heterocycles. The minimum Gasteiger partial charge on any atom is -0.449 e. The normalized spacial score (nSPS) is 21.6. The summed E-state index contributed by atoms with van der Waals surface area (Å²) in [7, 11) is 0. The predicted molar refractivity (Wildman–Crippen MR) is 224 cm³/mol. The van der Waals surface area contributed by atoms with E-state index in [9.17, 15) is 28.8 Å². The van der Waals surface area contributed by atoms with Gasteiger partial charge in [0.2, 0.25) is 29.5 Å². The largest absolute Gasteiger partial charge is 0.449 e. The molecule has 4 aromatic rings. The van der Waals surface area contributed by atoms with E-state index in [0.29, 0.717) is 24.8 Å². The van der Waals surface area contributed by atoms with Gasteiger partial charge in [0.1, 0.15) is 36.8 Å². The van der Waals surface area contributed by atoms with Crippen molar-refractivity contribution in [3.63, 3.8) is 0 Å². The second-order valence-electron chi connectivity index (χ2n) is 15.2. The maximum Gasteiger partial charge on any atom is 0.407 e. The number of hydrogen-bond donors (Lipinski definition) is 10. The number of para-hydroxylation sites is 1. The number of benzene rings is 3. The summed E-state index contributed by atoms with van der Waals surface area (Å²) < 4.78 is 5.73. The second kappa shape index (κ2) is 19.7. The van der Waals surface area contributed by atoms with Crippen LogP contribution in [-0.4, -0.2) is 89.9 Å². The molecule has 1 aliphatic carbocycles. The number of guanidine groups is 1.